The smallest absolute Gasteiger partial charge is 0.270 e. The van der Waals surface area contributed by atoms with Gasteiger partial charge in [-0.1, -0.05) is 11.6 Å². The van der Waals surface area contributed by atoms with Gasteiger partial charge in [0.2, 0.25) is 5.43 Å². The van der Waals surface area contributed by atoms with Crippen LogP contribution in [0, 0.1) is 6.92 Å². The second-order valence-electron chi connectivity index (χ2n) is 3.65. The Labute approximate surface area is 102 Å². The lowest BCUT2D eigenvalue weighted by molar-refractivity contribution is 0.0952. The summed E-state index contributed by atoms with van der Waals surface area (Å²) in [7, 11) is 0. The van der Waals surface area contributed by atoms with E-state index in [0.717, 1.165) is 5.56 Å². The molecule has 0 fully saturated rings. The monoisotopic (exact) mass is 251 g/mol. The van der Waals surface area contributed by atoms with Crippen LogP contribution >= 0.6 is 11.6 Å². The van der Waals surface area contributed by atoms with Gasteiger partial charge in [-0.25, -0.2) is 5.84 Å². The quantitative estimate of drug-likeness (QED) is 0.403. The standard InChI is InChI=1S/C11H10ClN3O2/c1-5-2-6-9(3-8(5)12)14-4-7(10(6)16)11(17)15-13/h2-4H,13H2,1H3,(H,14,16)(H,15,17). The molecule has 0 unspecified atom stereocenters. The first-order valence-electron chi connectivity index (χ1n) is 4.87. The van der Waals surface area contributed by atoms with Gasteiger partial charge < -0.3 is 4.98 Å². The van der Waals surface area contributed by atoms with Crippen LogP contribution in [0.1, 0.15) is 15.9 Å². The predicted molar refractivity (Wildman–Crippen MR) is 66.0 cm³/mol. The highest BCUT2D eigenvalue weighted by molar-refractivity contribution is 6.32. The first-order valence-corrected chi connectivity index (χ1v) is 5.25. The second kappa shape index (κ2) is 4.20. The van der Waals surface area contributed by atoms with E-state index < -0.39 is 5.91 Å². The highest BCUT2D eigenvalue weighted by atomic mass is 35.5. The average Bonchev–Trinajstić information content (AvgIpc) is 2.31. The van der Waals surface area contributed by atoms with Crippen LogP contribution in [0.25, 0.3) is 10.9 Å². The van der Waals surface area contributed by atoms with Gasteiger partial charge in [-0.3, -0.25) is 15.0 Å². The van der Waals surface area contributed by atoms with E-state index in [1.807, 2.05) is 5.43 Å². The maximum absolute atomic E-state index is 12.0. The van der Waals surface area contributed by atoms with E-state index in [1.165, 1.54) is 6.20 Å². The zero-order valence-electron chi connectivity index (χ0n) is 9.00. The molecular formula is C11H10ClN3O2. The average molecular weight is 252 g/mol. The van der Waals surface area contributed by atoms with Gasteiger partial charge in [0.1, 0.15) is 5.56 Å². The van der Waals surface area contributed by atoms with Gasteiger partial charge in [0, 0.05) is 16.6 Å². The number of aromatic amines is 1. The molecule has 1 aromatic heterocycles. The van der Waals surface area contributed by atoms with Gasteiger partial charge in [0.25, 0.3) is 5.91 Å². The topological polar surface area (TPSA) is 88.0 Å². The highest BCUT2D eigenvalue weighted by Gasteiger charge is 2.12. The van der Waals surface area contributed by atoms with Crippen molar-refractivity contribution < 1.29 is 4.79 Å². The number of nitrogen functional groups attached to an aromatic ring is 1. The lowest BCUT2D eigenvalue weighted by atomic mass is 10.1. The summed E-state index contributed by atoms with van der Waals surface area (Å²) < 4.78 is 0. The predicted octanol–water partition coefficient (Wildman–Crippen LogP) is 1.09. The van der Waals surface area contributed by atoms with Gasteiger partial charge in [0.15, 0.2) is 0 Å². The molecule has 6 heteroatoms. The minimum Gasteiger partial charge on any atom is -0.360 e. The molecule has 2 rings (SSSR count). The zero-order chi connectivity index (χ0) is 12.6. The van der Waals surface area contributed by atoms with E-state index in [0.29, 0.717) is 15.9 Å². The van der Waals surface area contributed by atoms with Crippen molar-refractivity contribution in [3.8, 4) is 0 Å². The number of benzene rings is 1. The normalized spacial score (nSPS) is 10.5. The Bertz CT molecular complexity index is 664. The number of H-pyrrole nitrogens is 1. The number of amides is 1. The van der Waals surface area contributed by atoms with Crippen LogP contribution in [0.3, 0.4) is 0 Å². The number of hydrogen-bond acceptors (Lipinski definition) is 3. The fraction of sp³-hybridized carbons (Fsp3) is 0.0909. The van der Waals surface area contributed by atoms with Crippen molar-refractivity contribution in [2.45, 2.75) is 6.92 Å². The Balaban J connectivity index is 2.80. The van der Waals surface area contributed by atoms with Crippen LogP contribution in [0.5, 0.6) is 0 Å². The number of carbonyl (C=O) groups is 1. The van der Waals surface area contributed by atoms with Crippen LogP contribution in [-0.4, -0.2) is 10.9 Å². The summed E-state index contributed by atoms with van der Waals surface area (Å²) in [5.74, 6) is 4.37. The van der Waals surface area contributed by atoms with Crippen molar-refractivity contribution in [2.75, 3.05) is 0 Å². The lowest BCUT2D eigenvalue weighted by Crippen LogP contribution is -2.33. The molecule has 1 aromatic carbocycles. The molecule has 0 spiro atoms. The second-order valence-corrected chi connectivity index (χ2v) is 4.06. The number of carbonyl (C=O) groups excluding carboxylic acids is 1. The number of hydrogen-bond donors (Lipinski definition) is 3. The molecule has 0 atom stereocenters. The molecule has 0 aliphatic carbocycles. The number of pyridine rings is 1. The molecule has 0 saturated heterocycles. The summed E-state index contributed by atoms with van der Waals surface area (Å²) in [6.45, 7) is 1.79. The summed E-state index contributed by atoms with van der Waals surface area (Å²) in [6.07, 6.45) is 1.32. The largest absolute Gasteiger partial charge is 0.360 e. The third-order valence-corrected chi connectivity index (χ3v) is 2.94. The number of hydrazine groups is 1. The van der Waals surface area contributed by atoms with Crippen molar-refractivity contribution in [1.82, 2.24) is 10.4 Å². The van der Waals surface area contributed by atoms with Crippen LogP contribution in [0.2, 0.25) is 5.02 Å². The van der Waals surface area contributed by atoms with Gasteiger partial charge in [-0.2, -0.15) is 0 Å². The van der Waals surface area contributed by atoms with Gasteiger partial charge >= 0.3 is 0 Å². The number of rotatable bonds is 1. The first kappa shape index (κ1) is 11.6. The Kier molecular flexibility index (Phi) is 2.87. The van der Waals surface area contributed by atoms with Gasteiger partial charge in [-0.05, 0) is 24.6 Å². The summed E-state index contributed by atoms with van der Waals surface area (Å²) >= 11 is 5.95. The maximum atomic E-state index is 12.0. The summed E-state index contributed by atoms with van der Waals surface area (Å²) in [5, 5.41) is 0.970. The van der Waals surface area contributed by atoms with Crippen LogP contribution in [-0.2, 0) is 0 Å². The van der Waals surface area contributed by atoms with Gasteiger partial charge in [-0.15, -0.1) is 0 Å². The van der Waals surface area contributed by atoms with Crippen molar-refractivity contribution in [3.05, 3.63) is 44.7 Å². The third-order valence-electron chi connectivity index (χ3n) is 2.54. The van der Waals surface area contributed by atoms with Crippen LogP contribution in [0.4, 0.5) is 0 Å². The van der Waals surface area contributed by atoms with E-state index in [1.54, 1.807) is 19.1 Å². The van der Waals surface area contributed by atoms with Crippen molar-refractivity contribution in [2.24, 2.45) is 5.84 Å². The molecule has 0 bridgehead atoms. The Morgan fingerprint density at radius 3 is 2.82 bits per heavy atom. The Morgan fingerprint density at radius 1 is 1.47 bits per heavy atom. The minimum atomic E-state index is -0.624. The van der Waals surface area contributed by atoms with E-state index in [9.17, 15) is 9.59 Å². The highest BCUT2D eigenvalue weighted by Crippen LogP contribution is 2.20. The van der Waals surface area contributed by atoms with E-state index >= 15 is 0 Å². The number of fused-ring (bicyclic) bond motifs is 1. The number of nitrogens with one attached hydrogen (secondary N) is 2. The number of aromatic nitrogens is 1. The van der Waals surface area contributed by atoms with E-state index in [-0.39, 0.29) is 11.0 Å². The summed E-state index contributed by atoms with van der Waals surface area (Å²) in [6, 6.07) is 3.29. The Morgan fingerprint density at radius 2 is 2.18 bits per heavy atom. The molecular weight excluding hydrogens is 242 g/mol. The van der Waals surface area contributed by atoms with Crippen LogP contribution in [0.15, 0.2) is 23.1 Å². The third kappa shape index (κ3) is 1.90. The number of nitrogens with two attached hydrogens (primary N) is 1. The maximum Gasteiger partial charge on any atom is 0.270 e. The minimum absolute atomic E-state index is 0.0262. The van der Waals surface area contributed by atoms with Crippen LogP contribution < -0.4 is 16.7 Å². The van der Waals surface area contributed by atoms with Gasteiger partial charge in [0.05, 0.1) is 5.52 Å². The SMILES string of the molecule is Cc1cc2c(=O)c(C(=O)NN)c[nH]c2cc1Cl. The van der Waals surface area contributed by atoms with Crippen molar-refractivity contribution in [1.29, 1.82) is 0 Å². The molecule has 0 saturated carbocycles. The molecule has 1 heterocycles. The molecule has 88 valence electrons. The number of halogens is 1. The molecule has 17 heavy (non-hydrogen) atoms. The summed E-state index contributed by atoms with van der Waals surface area (Å²) in [5.41, 5.74) is 2.88. The Hall–Kier alpha value is -1.85. The molecule has 1 amide bonds. The number of aryl methyl sites for hydroxylation is 1. The fourth-order valence-corrected chi connectivity index (χ4v) is 1.76. The molecule has 5 nitrogen and oxygen atoms in total. The fourth-order valence-electron chi connectivity index (χ4n) is 1.60. The van der Waals surface area contributed by atoms with Crippen molar-refractivity contribution in [3.63, 3.8) is 0 Å². The molecule has 2 aromatic rings. The zero-order valence-corrected chi connectivity index (χ0v) is 9.76. The molecule has 0 aliphatic heterocycles. The van der Waals surface area contributed by atoms with Crippen molar-refractivity contribution >= 4 is 28.4 Å². The molecule has 4 N–H and O–H groups in total. The lowest BCUT2D eigenvalue weighted by Gasteiger charge is -2.04. The van der Waals surface area contributed by atoms with E-state index in [2.05, 4.69) is 4.98 Å². The molecule has 0 radical (unpaired) electrons. The first-order chi connectivity index (χ1) is 8.04. The van der Waals surface area contributed by atoms with E-state index in [4.69, 9.17) is 17.4 Å². The molecule has 0 aliphatic rings. The summed E-state index contributed by atoms with van der Waals surface area (Å²) in [4.78, 5) is 26.2.